The van der Waals surface area contributed by atoms with E-state index in [0.717, 1.165) is 30.7 Å². The first-order chi connectivity index (χ1) is 9.20. The Morgan fingerprint density at radius 1 is 1.32 bits per heavy atom. The fourth-order valence-electron chi connectivity index (χ4n) is 2.21. The van der Waals surface area contributed by atoms with Gasteiger partial charge in [0.15, 0.2) is 0 Å². The average Bonchev–Trinajstić information content (AvgIpc) is 3.19. The molecular weight excluding hydrogens is 240 g/mol. The topological polar surface area (TPSA) is 50.4 Å². The summed E-state index contributed by atoms with van der Waals surface area (Å²) in [6.45, 7) is 3.98. The molecule has 0 aromatic heterocycles. The van der Waals surface area contributed by atoms with Crippen molar-refractivity contribution in [2.45, 2.75) is 26.3 Å². The zero-order chi connectivity index (χ0) is 13.7. The molecular formula is C15H22N2O2. The van der Waals surface area contributed by atoms with Crippen LogP contribution in [0.5, 0.6) is 5.75 Å². The number of nitrogens with one attached hydrogen (secondary N) is 2. The van der Waals surface area contributed by atoms with Crippen LogP contribution in [0.3, 0.4) is 0 Å². The number of carbonyl (C=O) groups excluding carboxylic acids is 1. The van der Waals surface area contributed by atoms with Crippen molar-refractivity contribution in [2.24, 2.45) is 5.41 Å². The van der Waals surface area contributed by atoms with Crippen molar-refractivity contribution in [3.8, 4) is 5.75 Å². The van der Waals surface area contributed by atoms with Crippen LogP contribution in [-0.4, -0.2) is 26.1 Å². The molecule has 1 fully saturated rings. The van der Waals surface area contributed by atoms with Crippen LogP contribution in [0.1, 0.15) is 25.3 Å². The van der Waals surface area contributed by atoms with E-state index in [1.165, 1.54) is 0 Å². The molecule has 0 radical (unpaired) electrons. The molecule has 0 bridgehead atoms. The minimum absolute atomic E-state index is 0.153. The van der Waals surface area contributed by atoms with Crippen LogP contribution < -0.4 is 15.4 Å². The SMILES string of the molecule is CCOc1ccc(CNC(=O)C2(CNC)CC2)cc1. The highest BCUT2D eigenvalue weighted by atomic mass is 16.5. The predicted octanol–water partition coefficient (Wildman–Crippen LogP) is 1.70. The van der Waals surface area contributed by atoms with Gasteiger partial charge in [-0.05, 0) is 44.5 Å². The van der Waals surface area contributed by atoms with Crippen molar-refractivity contribution in [1.82, 2.24) is 10.6 Å². The molecule has 1 aliphatic carbocycles. The molecule has 0 heterocycles. The van der Waals surface area contributed by atoms with E-state index in [9.17, 15) is 4.79 Å². The van der Waals surface area contributed by atoms with Crippen molar-refractivity contribution >= 4 is 5.91 Å². The number of amides is 1. The van der Waals surface area contributed by atoms with Gasteiger partial charge in [0, 0.05) is 13.1 Å². The standard InChI is InChI=1S/C15H22N2O2/c1-3-19-13-6-4-12(5-7-13)10-17-14(18)15(8-9-15)11-16-2/h4-7,16H,3,8-11H2,1-2H3,(H,17,18). The third-order valence-corrected chi connectivity index (χ3v) is 3.54. The van der Waals surface area contributed by atoms with Gasteiger partial charge < -0.3 is 15.4 Å². The molecule has 19 heavy (non-hydrogen) atoms. The average molecular weight is 262 g/mol. The lowest BCUT2D eigenvalue weighted by molar-refractivity contribution is -0.126. The maximum atomic E-state index is 12.1. The van der Waals surface area contributed by atoms with Crippen molar-refractivity contribution in [3.63, 3.8) is 0 Å². The zero-order valence-electron chi connectivity index (χ0n) is 11.7. The van der Waals surface area contributed by atoms with E-state index in [2.05, 4.69) is 10.6 Å². The Hall–Kier alpha value is -1.55. The first-order valence-corrected chi connectivity index (χ1v) is 6.85. The Labute approximate surface area is 114 Å². The fourth-order valence-corrected chi connectivity index (χ4v) is 2.21. The molecule has 1 saturated carbocycles. The lowest BCUT2D eigenvalue weighted by Crippen LogP contribution is -2.37. The smallest absolute Gasteiger partial charge is 0.227 e. The van der Waals surface area contributed by atoms with Gasteiger partial charge in [-0.3, -0.25) is 4.79 Å². The van der Waals surface area contributed by atoms with Crippen molar-refractivity contribution in [1.29, 1.82) is 0 Å². The van der Waals surface area contributed by atoms with E-state index < -0.39 is 0 Å². The third kappa shape index (κ3) is 3.47. The summed E-state index contributed by atoms with van der Waals surface area (Å²) in [6.07, 6.45) is 1.98. The van der Waals surface area contributed by atoms with Crippen LogP contribution in [0, 0.1) is 5.41 Å². The molecule has 1 aromatic carbocycles. The Morgan fingerprint density at radius 3 is 2.53 bits per heavy atom. The maximum absolute atomic E-state index is 12.1. The third-order valence-electron chi connectivity index (χ3n) is 3.54. The van der Waals surface area contributed by atoms with Crippen LogP contribution in [0.4, 0.5) is 0 Å². The van der Waals surface area contributed by atoms with E-state index >= 15 is 0 Å². The fraction of sp³-hybridized carbons (Fsp3) is 0.533. The second-order valence-corrected chi connectivity index (χ2v) is 5.07. The number of carbonyl (C=O) groups is 1. The Bertz CT molecular complexity index is 424. The van der Waals surface area contributed by atoms with Gasteiger partial charge in [-0.15, -0.1) is 0 Å². The van der Waals surface area contributed by atoms with Gasteiger partial charge in [0.25, 0.3) is 0 Å². The van der Waals surface area contributed by atoms with Gasteiger partial charge in [-0.1, -0.05) is 12.1 Å². The number of benzene rings is 1. The van der Waals surface area contributed by atoms with E-state index in [1.807, 2.05) is 38.2 Å². The molecule has 1 aliphatic rings. The molecule has 1 amide bonds. The second-order valence-electron chi connectivity index (χ2n) is 5.07. The van der Waals surface area contributed by atoms with E-state index in [-0.39, 0.29) is 11.3 Å². The number of ether oxygens (including phenoxy) is 1. The molecule has 0 spiro atoms. The normalized spacial score (nSPS) is 15.9. The molecule has 104 valence electrons. The molecule has 4 nitrogen and oxygen atoms in total. The monoisotopic (exact) mass is 262 g/mol. The van der Waals surface area contributed by atoms with Gasteiger partial charge in [-0.25, -0.2) is 0 Å². The van der Waals surface area contributed by atoms with Crippen LogP contribution in [0.2, 0.25) is 0 Å². The van der Waals surface area contributed by atoms with Crippen LogP contribution in [0.15, 0.2) is 24.3 Å². The molecule has 0 saturated heterocycles. The summed E-state index contributed by atoms with van der Waals surface area (Å²) in [6, 6.07) is 7.85. The van der Waals surface area contributed by atoms with Crippen LogP contribution in [0.25, 0.3) is 0 Å². The maximum Gasteiger partial charge on any atom is 0.227 e. The Balaban J connectivity index is 1.83. The van der Waals surface area contributed by atoms with Gasteiger partial charge in [0.2, 0.25) is 5.91 Å². The van der Waals surface area contributed by atoms with Gasteiger partial charge >= 0.3 is 0 Å². The quantitative estimate of drug-likeness (QED) is 0.786. The molecule has 0 aliphatic heterocycles. The largest absolute Gasteiger partial charge is 0.494 e. The Kier molecular flexibility index (Phi) is 4.43. The predicted molar refractivity (Wildman–Crippen MR) is 75.1 cm³/mol. The van der Waals surface area contributed by atoms with Crippen molar-refractivity contribution in [2.75, 3.05) is 20.2 Å². The number of hydrogen-bond acceptors (Lipinski definition) is 3. The summed E-state index contributed by atoms with van der Waals surface area (Å²) >= 11 is 0. The lowest BCUT2D eigenvalue weighted by atomic mass is 10.1. The van der Waals surface area contributed by atoms with E-state index in [1.54, 1.807) is 0 Å². The summed E-state index contributed by atoms with van der Waals surface area (Å²) in [5.41, 5.74) is 0.942. The minimum atomic E-state index is -0.153. The van der Waals surface area contributed by atoms with E-state index in [0.29, 0.717) is 13.2 Å². The zero-order valence-corrected chi connectivity index (χ0v) is 11.7. The van der Waals surface area contributed by atoms with E-state index in [4.69, 9.17) is 4.74 Å². The highest BCUT2D eigenvalue weighted by Crippen LogP contribution is 2.45. The van der Waals surface area contributed by atoms with Crippen molar-refractivity contribution < 1.29 is 9.53 Å². The molecule has 0 atom stereocenters. The van der Waals surface area contributed by atoms with Gasteiger partial charge in [0.1, 0.15) is 5.75 Å². The molecule has 0 unspecified atom stereocenters. The van der Waals surface area contributed by atoms with Crippen LogP contribution >= 0.6 is 0 Å². The minimum Gasteiger partial charge on any atom is -0.494 e. The number of hydrogen-bond donors (Lipinski definition) is 2. The van der Waals surface area contributed by atoms with Crippen LogP contribution in [-0.2, 0) is 11.3 Å². The summed E-state index contributed by atoms with van der Waals surface area (Å²) in [5.74, 6) is 1.03. The van der Waals surface area contributed by atoms with Gasteiger partial charge in [0.05, 0.1) is 12.0 Å². The highest BCUT2D eigenvalue weighted by molar-refractivity contribution is 5.85. The molecule has 2 rings (SSSR count). The molecule has 4 heteroatoms. The molecule has 2 N–H and O–H groups in total. The summed E-state index contributed by atoms with van der Waals surface area (Å²) < 4.78 is 5.39. The highest BCUT2D eigenvalue weighted by Gasteiger charge is 2.48. The first kappa shape index (κ1) is 13.9. The summed E-state index contributed by atoms with van der Waals surface area (Å²) in [5, 5.41) is 6.11. The van der Waals surface area contributed by atoms with Gasteiger partial charge in [-0.2, -0.15) is 0 Å². The number of rotatable bonds is 7. The van der Waals surface area contributed by atoms with Crippen molar-refractivity contribution in [3.05, 3.63) is 29.8 Å². The summed E-state index contributed by atoms with van der Waals surface area (Å²) in [4.78, 5) is 12.1. The second kappa shape index (κ2) is 6.06. The Morgan fingerprint density at radius 2 is 2.00 bits per heavy atom. The lowest BCUT2D eigenvalue weighted by Gasteiger charge is -2.14. The first-order valence-electron chi connectivity index (χ1n) is 6.85. The summed E-state index contributed by atoms with van der Waals surface area (Å²) in [7, 11) is 1.89. The molecule has 1 aromatic rings.